The molecule has 2 fully saturated rings. The van der Waals surface area contributed by atoms with Crippen molar-refractivity contribution >= 4 is 52.0 Å². The van der Waals surface area contributed by atoms with Crippen LogP contribution < -0.4 is 20.5 Å². The highest BCUT2D eigenvalue weighted by Gasteiger charge is 2.37. The zero-order chi connectivity index (χ0) is 27.7. The first-order valence-electron chi connectivity index (χ1n) is 13.3. The Labute approximate surface area is 237 Å². The summed E-state index contributed by atoms with van der Waals surface area (Å²) < 4.78 is 9.99. The fourth-order valence-electron chi connectivity index (χ4n) is 5.82. The van der Waals surface area contributed by atoms with Gasteiger partial charge in [-0.1, -0.05) is 29.6 Å². The lowest BCUT2D eigenvalue weighted by atomic mass is 9.72. The summed E-state index contributed by atoms with van der Waals surface area (Å²) >= 11 is 7.30. The number of fused-ring (bicyclic) bond motifs is 1. The van der Waals surface area contributed by atoms with E-state index in [0.29, 0.717) is 28.0 Å². The second-order valence-electron chi connectivity index (χ2n) is 10.7. The molecule has 0 aliphatic carbocycles. The minimum atomic E-state index is -0.338. The number of pyridine rings is 1. The number of rotatable bonds is 6. The third kappa shape index (κ3) is 5.60. The maximum atomic E-state index is 13.6. The van der Waals surface area contributed by atoms with Gasteiger partial charge in [-0.2, -0.15) is 0 Å². The number of nitrogens with one attached hydrogen (secondary N) is 2. The molecule has 2 saturated heterocycles. The third-order valence-electron chi connectivity index (χ3n) is 8.10. The van der Waals surface area contributed by atoms with Crippen LogP contribution in [0.5, 0.6) is 0 Å². The van der Waals surface area contributed by atoms with Gasteiger partial charge in [0.1, 0.15) is 5.15 Å². The molecule has 2 aliphatic rings. The van der Waals surface area contributed by atoms with Crippen molar-refractivity contribution in [2.45, 2.75) is 45.6 Å². The molecule has 9 nitrogen and oxygen atoms in total. The lowest BCUT2D eigenvalue weighted by molar-refractivity contribution is 0.00193. The van der Waals surface area contributed by atoms with Crippen molar-refractivity contribution in [2.75, 3.05) is 42.8 Å². The van der Waals surface area contributed by atoms with Crippen LogP contribution in [0.25, 0.3) is 10.9 Å². The summed E-state index contributed by atoms with van der Waals surface area (Å²) in [5.74, 6) is 0.357. The fourth-order valence-corrected chi connectivity index (χ4v) is 6.25. The summed E-state index contributed by atoms with van der Waals surface area (Å²) in [5.41, 5.74) is 3.56. The molecular formula is C28H35ClN6O3S. The highest BCUT2D eigenvalue weighted by Crippen LogP contribution is 2.41. The van der Waals surface area contributed by atoms with Crippen molar-refractivity contribution in [3.05, 3.63) is 56.6 Å². The van der Waals surface area contributed by atoms with Gasteiger partial charge in [-0.15, -0.1) is 0 Å². The molecule has 4 heterocycles. The van der Waals surface area contributed by atoms with Crippen LogP contribution in [-0.4, -0.2) is 53.0 Å². The Balaban J connectivity index is 1.50. The smallest absolute Gasteiger partial charge is 0.281 e. The molecule has 2 aromatic heterocycles. The molecule has 39 heavy (non-hydrogen) atoms. The molecule has 2 N–H and O–H groups in total. The van der Waals surface area contributed by atoms with E-state index in [-0.39, 0.29) is 28.4 Å². The Morgan fingerprint density at radius 1 is 1.15 bits per heavy atom. The Hall–Kier alpha value is -2.82. The monoisotopic (exact) mass is 570 g/mol. The molecule has 5 rings (SSSR count). The number of aromatic nitrogens is 3. The van der Waals surface area contributed by atoms with Crippen LogP contribution in [0.3, 0.4) is 0 Å². The van der Waals surface area contributed by atoms with Crippen molar-refractivity contribution in [1.29, 1.82) is 0 Å². The maximum absolute atomic E-state index is 13.6. The first kappa shape index (κ1) is 27.7. The average molecular weight is 571 g/mol. The van der Waals surface area contributed by atoms with E-state index >= 15 is 0 Å². The van der Waals surface area contributed by atoms with E-state index in [1.807, 2.05) is 27.0 Å². The fraction of sp³-hybridized carbons (Fsp3) is 0.500. The van der Waals surface area contributed by atoms with Crippen molar-refractivity contribution < 1.29 is 9.53 Å². The lowest BCUT2D eigenvalue weighted by Crippen LogP contribution is -2.44. The van der Waals surface area contributed by atoms with Crippen LogP contribution in [0.1, 0.15) is 60.3 Å². The molecule has 11 heteroatoms. The molecule has 0 radical (unpaired) electrons. The van der Waals surface area contributed by atoms with E-state index in [4.69, 9.17) is 21.3 Å². The number of hydrogen-bond donors (Lipinski definition) is 2. The molecule has 1 atom stereocenters. The average Bonchev–Trinajstić information content (AvgIpc) is 2.92. The molecule has 1 spiro atoms. The summed E-state index contributed by atoms with van der Waals surface area (Å²) in [6.45, 7) is 7.38. The number of carbonyl (C=O) groups excluding carboxylic acids is 1. The molecule has 1 aromatic carbocycles. The van der Waals surface area contributed by atoms with E-state index in [1.165, 1.54) is 11.9 Å². The Morgan fingerprint density at radius 2 is 1.87 bits per heavy atom. The summed E-state index contributed by atoms with van der Waals surface area (Å²) in [6, 6.07) is 7.08. The zero-order valence-corrected chi connectivity index (χ0v) is 24.4. The number of ether oxygens (including phenoxy) is 1. The van der Waals surface area contributed by atoms with E-state index in [0.717, 1.165) is 63.1 Å². The second kappa shape index (κ2) is 11.3. The number of nitrogens with zero attached hydrogens (tertiary/aromatic N) is 4. The number of amides is 1. The van der Waals surface area contributed by atoms with Crippen LogP contribution in [0.4, 0.5) is 11.6 Å². The summed E-state index contributed by atoms with van der Waals surface area (Å²) in [4.78, 5) is 37.9. The normalized spacial score (nSPS) is 17.8. The largest absolute Gasteiger partial charge is 0.381 e. The van der Waals surface area contributed by atoms with Crippen LogP contribution in [-0.2, 0) is 11.8 Å². The lowest BCUT2D eigenvalue weighted by Gasteiger charge is -2.44. The van der Waals surface area contributed by atoms with Gasteiger partial charge in [-0.05, 0) is 68.7 Å². The van der Waals surface area contributed by atoms with Crippen LogP contribution >= 0.6 is 23.5 Å². The van der Waals surface area contributed by atoms with E-state index in [2.05, 4.69) is 26.0 Å². The van der Waals surface area contributed by atoms with Gasteiger partial charge >= 0.3 is 0 Å². The molecule has 208 valence electrons. The number of piperidine rings is 1. The minimum Gasteiger partial charge on any atom is -0.381 e. The van der Waals surface area contributed by atoms with Gasteiger partial charge in [-0.25, -0.2) is 9.97 Å². The first-order chi connectivity index (χ1) is 18.7. The third-order valence-corrected chi connectivity index (χ3v) is 8.70. The van der Waals surface area contributed by atoms with Crippen LogP contribution in [0, 0.1) is 12.3 Å². The molecule has 1 amide bonds. The summed E-state index contributed by atoms with van der Waals surface area (Å²) in [6.07, 6.45) is 6.13. The molecule has 0 saturated carbocycles. The highest BCUT2D eigenvalue weighted by molar-refractivity contribution is 7.97. The number of anilines is 2. The second-order valence-corrected chi connectivity index (χ2v) is 11.7. The summed E-state index contributed by atoms with van der Waals surface area (Å²) in [7, 11) is 1.81. The molecular weight excluding hydrogens is 536 g/mol. The Morgan fingerprint density at radius 3 is 2.56 bits per heavy atom. The van der Waals surface area contributed by atoms with Crippen molar-refractivity contribution in [3.63, 3.8) is 0 Å². The van der Waals surface area contributed by atoms with Crippen molar-refractivity contribution in [1.82, 2.24) is 19.3 Å². The van der Waals surface area contributed by atoms with Crippen LogP contribution in [0.2, 0.25) is 5.15 Å². The van der Waals surface area contributed by atoms with E-state index < -0.39 is 0 Å². The topological polar surface area (TPSA) is 101 Å². The van der Waals surface area contributed by atoms with Gasteiger partial charge in [0.2, 0.25) is 5.95 Å². The van der Waals surface area contributed by atoms with Crippen LogP contribution in [0.15, 0.2) is 29.1 Å². The van der Waals surface area contributed by atoms with E-state index in [9.17, 15) is 9.59 Å². The zero-order valence-electron chi connectivity index (χ0n) is 22.8. The number of aryl methyl sites for hydroxylation is 1. The standard InChI is InChI=1S/C28H35ClN6O3S/c1-17-15-19(18(2)30-21-5-6-22(29)31-24(21)25(36)33-39-4)23-20(16-17)26(37)34(3)27(32-23)35-11-7-28(8-12-35)9-13-38-14-10-28/h5-6,15-16,18,30H,7-14H2,1-4H3,(H,33,36). The van der Waals surface area contributed by atoms with Gasteiger partial charge < -0.3 is 15.0 Å². The van der Waals surface area contributed by atoms with Gasteiger partial charge in [0.25, 0.3) is 11.5 Å². The minimum absolute atomic E-state index is 0.0632. The Bertz CT molecular complexity index is 1450. The van der Waals surface area contributed by atoms with Gasteiger partial charge in [-0.3, -0.25) is 18.9 Å². The Kier molecular flexibility index (Phi) is 8.07. The van der Waals surface area contributed by atoms with Gasteiger partial charge in [0, 0.05) is 45.2 Å². The number of hydrogen-bond acceptors (Lipinski definition) is 8. The molecule has 2 aliphatic heterocycles. The molecule has 3 aromatic rings. The highest BCUT2D eigenvalue weighted by atomic mass is 35.5. The first-order valence-corrected chi connectivity index (χ1v) is 14.9. The predicted molar refractivity (Wildman–Crippen MR) is 158 cm³/mol. The van der Waals surface area contributed by atoms with Gasteiger partial charge in [0.15, 0.2) is 5.69 Å². The quantitative estimate of drug-likeness (QED) is 0.320. The number of halogens is 1. The number of benzene rings is 1. The number of carbonyl (C=O) groups is 1. The maximum Gasteiger partial charge on any atom is 0.281 e. The van der Waals surface area contributed by atoms with E-state index in [1.54, 1.807) is 23.0 Å². The van der Waals surface area contributed by atoms with Crippen molar-refractivity contribution in [2.24, 2.45) is 12.5 Å². The summed E-state index contributed by atoms with van der Waals surface area (Å²) in [5, 5.41) is 4.24. The SMILES string of the molecule is CSNC(=O)c1nc(Cl)ccc1NC(C)c1cc(C)cc2c(=O)n(C)c(N3CCC4(CCOCC4)CC3)nc12. The van der Waals surface area contributed by atoms with Gasteiger partial charge in [0.05, 0.1) is 22.6 Å². The predicted octanol–water partition coefficient (Wildman–Crippen LogP) is 4.87. The van der Waals surface area contributed by atoms with Crippen molar-refractivity contribution in [3.8, 4) is 0 Å². The molecule has 1 unspecified atom stereocenters. The molecule has 0 bridgehead atoms.